The van der Waals surface area contributed by atoms with Crippen molar-refractivity contribution in [1.82, 2.24) is 0 Å². The van der Waals surface area contributed by atoms with E-state index < -0.39 is 0 Å². The first kappa shape index (κ1) is 36.0. The number of aryl methyl sites for hydroxylation is 4. The lowest BCUT2D eigenvalue weighted by Crippen LogP contribution is -2.68. The standard InChI is InChI=1S/C51H56N2O/c1-7-10-11-13-22-38-31-47-41-24-16-18-25-45(41)51(9-3,50(5,8-2)53(47)35-44(38)37-20-14-12-15-21-37)30-29-39-32-49-43(40-23-17-19-26-48(40)54-49)33-42(39)46-28-27-36(4)34-52(46)6/h12,14-21,23-28,31-35H,7-11,13,22,29-30H2,1-6H3/q+2. The minimum atomic E-state index is -0.159. The predicted octanol–water partition coefficient (Wildman–Crippen LogP) is 12.5. The summed E-state index contributed by atoms with van der Waals surface area (Å²) in [4.78, 5) is 0. The van der Waals surface area contributed by atoms with Crippen LogP contribution in [0.2, 0.25) is 0 Å². The van der Waals surface area contributed by atoms with Gasteiger partial charge in [0.25, 0.3) is 0 Å². The molecule has 1 aliphatic rings. The molecule has 0 amide bonds. The molecule has 54 heavy (non-hydrogen) atoms. The molecule has 0 N–H and O–H groups in total. The third kappa shape index (κ3) is 5.97. The molecule has 3 heteroatoms. The molecule has 4 heterocycles. The first-order valence-corrected chi connectivity index (χ1v) is 20.5. The van der Waals surface area contributed by atoms with Crippen LogP contribution in [0.1, 0.15) is 94.9 Å². The largest absolute Gasteiger partial charge is 0.456 e. The Labute approximate surface area is 322 Å². The van der Waals surface area contributed by atoms with Crippen molar-refractivity contribution in [2.45, 2.75) is 103 Å². The highest BCUT2D eigenvalue weighted by atomic mass is 16.3. The van der Waals surface area contributed by atoms with E-state index >= 15 is 0 Å². The summed E-state index contributed by atoms with van der Waals surface area (Å²) in [6.45, 7) is 11.9. The van der Waals surface area contributed by atoms with Gasteiger partial charge >= 0.3 is 0 Å². The fourth-order valence-corrected chi connectivity index (χ4v) is 9.97. The van der Waals surface area contributed by atoms with E-state index in [0.29, 0.717) is 0 Å². The average Bonchev–Trinajstić information content (AvgIpc) is 3.57. The molecule has 1 aliphatic heterocycles. The Balaban J connectivity index is 1.29. The Morgan fingerprint density at radius 3 is 2.15 bits per heavy atom. The van der Waals surface area contributed by atoms with E-state index in [1.165, 1.54) is 92.4 Å². The first-order chi connectivity index (χ1) is 26.3. The summed E-state index contributed by atoms with van der Waals surface area (Å²) in [7, 11) is 2.18. The monoisotopic (exact) mass is 712 g/mol. The smallest absolute Gasteiger partial charge is 0.213 e. The maximum atomic E-state index is 6.54. The van der Waals surface area contributed by atoms with E-state index in [-0.39, 0.29) is 11.0 Å². The second-order valence-electron chi connectivity index (χ2n) is 16.1. The summed E-state index contributed by atoms with van der Waals surface area (Å²) in [5, 5.41) is 2.35. The molecule has 0 saturated heterocycles. The molecular weight excluding hydrogens is 657 g/mol. The van der Waals surface area contributed by atoms with Crippen molar-refractivity contribution in [3.05, 3.63) is 144 Å². The van der Waals surface area contributed by atoms with Gasteiger partial charge in [0.15, 0.2) is 17.9 Å². The van der Waals surface area contributed by atoms with E-state index in [0.717, 1.165) is 43.3 Å². The molecule has 274 valence electrons. The van der Waals surface area contributed by atoms with Gasteiger partial charge in [-0.3, -0.25) is 0 Å². The van der Waals surface area contributed by atoms with Crippen LogP contribution in [0.15, 0.2) is 126 Å². The van der Waals surface area contributed by atoms with Crippen molar-refractivity contribution < 1.29 is 13.6 Å². The SMILES string of the molecule is CCCCCCc1cc2[n+](cc1-c1ccccc1)C(C)(CC)C(CC)(CCc1cc3oc4ccccc4c3cc1-c1ccc(C)c[n+]1C)c1ccccc1-2. The lowest BCUT2D eigenvalue weighted by atomic mass is 9.57. The van der Waals surface area contributed by atoms with E-state index in [2.05, 4.69) is 172 Å². The zero-order valence-corrected chi connectivity index (χ0v) is 33.2. The number of rotatable bonds is 12. The number of para-hydroxylation sites is 1. The quantitative estimate of drug-likeness (QED) is 0.0912. The van der Waals surface area contributed by atoms with Crippen LogP contribution in [0.5, 0.6) is 0 Å². The zero-order chi connectivity index (χ0) is 37.5. The maximum absolute atomic E-state index is 6.54. The Morgan fingerprint density at radius 1 is 0.611 bits per heavy atom. The molecule has 0 aliphatic carbocycles. The van der Waals surface area contributed by atoms with Gasteiger partial charge in [-0.05, 0) is 91.6 Å². The van der Waals surface area contributed by atoms with Crippen LogP contribution in [0, 0.1) is 6.92 Å². The number of fused-ring (bicyclic) bond motifs is 6. The molecule has 0 bridgehead atoms. The first-order valence-electron chi connectivity index (χ1n) is 20.5. The van der Waals surface area contributed by atoms with Crippen LogP contribution in [-0.2, 0) is 30.8 Å². The number of furan rings is 1. The molecule has 8 rings (SSSR count). The minimum absolute atomic E-state index is 0.109. The Kier molecular flexibility index (Phi) is 9.77. The predicted molar refractivity (Wildman–Crippen MR) is 225 cm³/mol. The highest BCUT2D eigenvalue weighted by molar-refractivity contribution is 6.06. The lowest BCUT2D eigenvalue weighted by Gasteiger charge is -2.48. The average molecular weight is 713 g/mol. The van der Waals surface area contributed by atoms with Crippen molar-refractivity contribution in [1.29, 1.82) is 0 Å². The summed E-state index contributed by atoms with van der Waals surface area (Å²) in [5.41, 5.74) is 15.2. The van der Waals surface area contributed by atoms with E-state index in [4.69, 9.17) is 4.42 Å². The number of hydrogen-bond donors (Lipinski definition) is 0. The summed E-state index contributed by atoms with van der Waals surface area (Å²) in [5.74, 6) is 0. The second-order valence-corrected chi connectivity index (χ2v) is 16.1. The fourth-order valence-electron chi connectivity index (χ4n) is 9.97. The van der Waals surface area contributed by atoms with Crippen LogP contribution in [0.25, 0.3) is 55.6 Å². The number of nitrogens with zero attached hydrogens (tertiary/aromatic N) is 2. The summed E-state index contributed by atoms with van der Waals surface area (Å²) in [6, 6.07) is 40.8. The molecule has 2 unspecified atom stereocenters. The van der Waals surface area contributed by atoms with Crippen molar-refractivity contribution in [2.24, 2.45) is 7.05 Å². The third-order valence-corrected chi connectivity index (χ3v) is 13.1. The van der Waals surface area contributed by atoms with Crippen LogP contribution < -0.4 is 9.13 Å². The second kappa shape index (κ2) is 14.7. The van der Waals surface area contributed by atoms with Crippen LogP contribution in [0.4, 0.5) is 0 Å². The third-order valence-electron chi connectivity index (χ3n) is 13.1. The molecule has 0 spiro atoms. The number of hydrogen-bond acceptors (Lipinski definition) is 1. The molecule has 2 atom stereocenters. The van der Waals surface area contributed by atoms with Gasteiger partial charge in [0.1, 0.15) is 18.2 Å². The molecule has 4 aromatic carbocycles. The fraction of sp³-hybridized carbons (Fsp3) is 0.333. The van der Waals surface area contributed by atoms with Crippen LogP contribution in [0.3, 0.4) is 0 Å². The Bertz CT molecular complexity index is 2460. The van der Waals surface area contributed by atoms with Crippen molar-refractivity contribution in [3.63, 3.8) is 0 Å². The summed E-state index contributed by atoms with van der Waals surface area (Å²) in [6.07, 6.45) is 15.0. The van der Waals surface area contributed by atoms with Crippen molar-refractivity contribution in [2.75, 3.05) is 0 Å². The van der Waals surface area contributed by atoms with Crippen molar-refractivity contribution in [3.8, 4) is 33.6 Å². The van der Waals surface area contributed by atoms with Gasteiger partial charge < -0.3 is 4.42 Å². The van der Waals surface area contributed by atoms with Crippen LogP contribution >= 0.6 is 0 Å². The van der Waals surface area contributed by atoms with Gasteiger partial charge in [-0.1, -0.05) is 107 Å². The molecule has 0 fully saturated rings. The zero-order valence-electron chi connectivity index (χ0n) is 33.2. The number of aromatic nitrogens is 2. The van der Waals surface area contributed by atoms with Gasteiger partial charge in [-0.15, -0.1) is 0 Å². The molecule has 0 saturated carbocycles. The lowest BCUT2D eigenvalue weighted by molar-refractivity contribution is -0.765. The Morgan fingerprint density at radius 2 is 1.37 bits per heavy atom. The minimum Gasteiger partial charge on any atom is -0.456 e. The van der Waals surface area contributed by atoms with Gasteiger partial charge in [0, 0.05) is 47.4 Å². The highest BCUT2D eigenvalue weighted by Gasteiger charge is 2.58. The number of unbranched alkanes of at least 4 members (excludes halogenated alkanes) is 3. The molecule has 3 nitrogen and oxygen atoms in total. The highest BCUT2D eigenvalue weighted by Crippen LogP contribution is 2.53. The maximum Gasteiger partial charge on any atom is 0.213 e. The molecule has 7 aromatic rings. The van der Waals surface area contributed by atoms with Crippen LogP contribution in [-0.4, -0.2) is 0 Å². The topological polar surface area (TPSA) is 20.9 Å². The Hall–Kier alpha value is -5.02. The van der Waals surface area contributed by atoms with E-state index in [1.807, 2.05) is 0 Å². The number of pyridine rings is 2. The summed E-state index contributed by atoms with van der Waals surface area (Å²) < 4.78 is 11.5. The van der Waals surface area contributed by atoms with E-state index in [9.17, 15) is 0 Å². The molecule has 3 aromatic heterocycles. The van der Waals surface area contributed by atoms with Gasteiger partial charge in [-0.2, -0.15) is 4.57 Å². The van der Waals surface area contributed by atoms with Gasteiger partial charge in [0.05, 0.1) is 16.5 Å². The van der Waals surface area contributed by atoms with Gasteiger partial charge in [0.2, 0.25) is 11.4 Å². The van der Waals surface area contributed by atoms with Crippen molar-refractivity contribution >= 4 is 21.9 Å². The normalized spacial score (nSPS) is 17.9. The van der Waals surface area contributed by atoms with E-state index in [1.54, 1.807) is 0 Å². The van der Waals surface area contributed by atoms with Gasteiger partial charge in [-0.25, -0.2) is 4.57 Å². The number of benzene rings is 4. The molecular formula is C51H56N2O+2. The molecule has 0 radical (unpaired) electrons. The summed E-state index contributed by atoms with van der Waals surface area (Å²) >= 11 is 0.